The van der Waals surface area contributed by atoms with E-state index in [0.29, 0.717) is 30.4 Å². The highest BCUT2D eigenvalue weighted by atomic mass is 32.1. The van der Waals surface area contributed by atoms with Crippen molar-refractivity contribution in [2.24, 2.45) is 0 Å². The van der Waals surface area contributed by atoms with Gasteiger partial charge in [0.1, 0.15) is 5.60 Å². The number of carbonyl (C=O) groups excluding carboxylic acids is 1. The average Bonchev–Trinajstić information content (AvgIpc) is 2.52. The largest absolute Gasteiger partial charge is 0.444 e. The molecule has 150 valence electrons. The minimum atomic E-state index is -4.37. The first kappa shape index (κ1) is 21.3. The van der Waals surface area contributed by atoms with E-state index in [0.717, 1.165) is 12.1 Å². The number of anilines is 1. The third kappa shape index (κ3) is 5.98. The molecule has 1 heterocycles. The number of thiocarbonyl (C=S) groups is 1. The predicted molar refractivity (Wildman–Crippen MR) is 102 cm³/mol. The summed E-state index contributed by atoms with van der Waals surface area (Å²) in [4.78, 5) is 15.7. The Morgan fingerprint density at radius 3 is 2.26 bits per heavy atom. The highest BCUT2D eigenvalue weighted by Crippen LogP contribution is 2.30. The molecule has 0 bridgehead atoms. The smallest absolute Gasteiger partial charge is 0.416 e. The Balaban J connectivity index is 1.94. The van der Waals surface area contributed by atoms with Gasteiger partial charge < -0.3 is 19.9 Å². The molecule has 1 aromatic carbocycles. The van der Waals surface area contributed by atoms with E-state index in [1.807, 2.05) is 32.6 Å². The lowest BCUT2D eigenvalue weighted by atomic mass is 10.2. The summed E-state index contributed by atoms with van der Waals surface area (Å²) in [7, 11) is 0. The number of nitrogens with zero attached hydrogens (tertiary/aromatic N) is 2. The second-order valence-electron chi connectivity index (χ2n) is 7.47. The van der Waals surface area contributed by atoms with Gasteiger partial charge in [0.2, 0.25) is 0 Å². The SMILES string of the molecule is CC1CN(C(=O)OC(C)(C)C)CCN1C(=S)Nc1ccc(C(F)(F)F)cc1. The summed E-state index contributed by atoms with van der Waals surface area (Å²) in [5, 5.41) is 3.37. The van der Waals surface area contributed by atoms with Crippen molar-refractivity contribution in [2.45, 2.75) is 45.5 Å². The van der Waals surface area contributed by atoms with Crippen LogP contribution in [0.5, 0.6) is 0 Å². The number of rotatable bonds is 1. The quantitative estimate of drug-likeness (QED) is 0.707. The summed E-state index contributed by atoms with van der Waals surface area (Å²) in [6.45, 7) is 8.77. The topological polar surface area (TPSA) is 44.8 Å². The molecular formula is C18H24F3N3O2S. The molecule has 1 fully saturated rings. The molecule has 0 aliphatic carbocycles. The molecule has 0 aromatic heterocycles. The van der Waals surface area contributed by atoms with Crippen molar-refractivity contribution in [2.75, 3.05) is 25.0 Å². The summed E-state index contributed by atoms with van der Waals surface area (Å²) in [6.07, 6.45) is -4.73. The number of hydrogen-bond acceptors (Lipinski definition) is 3. The third-order valence-electron chi connectivity index (χ3n) is 4.00. The second-order valence-corrected chi connectivity index (χ2v) is 7.86. The molecule has 1 N–H and O–H groups in total. The van der Waals surface area contributed by atoms with E-state index < -0.39 is 17.3 Å². The molecule has 1 saturated heterocycles. The van der Waals surface area contributed by atoms with Gasteiger partial charge in [0.15, 0.2) is 5.11 Å². The van der Waals surface area contributed by atoms with E-state index in [-0.39, 0.29) is 12.1 Å². The fourth-order valence-corrected chi connectivity index (χ4v) is 3.08. The molecular weight excluding hydrogens is 379 g/mol. The van der Waals surface area contributed by atoms with Crippen LogP contribution in [0.25, 0.3) is 0 Å². The zero-order valence-electron chi connectivity index (χ0n) is 15.8. The van der Waals surface area contributed by atoms with Crippen molar-refractivity contribution < 1.29 is 22.7 Å². The van der Waals surface area contributed by atoms with E-state index in [1.165, 1.54) is 12.1 Å². The van der Waals surface area contributed by atoms with E-state index in [2.05, 4.69) is 5.32 Å². The van der Waals surface area contributed by atoms with Gasteiger partial charge in [0.05, 0.1) is 5.56 Å². The number of nitrogens with one attached hydrogen (secondary N) is 1. The van der Waals surface area contributed by atoms with Crippen molar-refractivity contribution in [3.05, 3.63) is 29.8 Å². The summed E-state index contributed by atoms with van der Waals surface area (Å²) in [5.74, 6) is 0. The van der Waals surface area contributed by atoms with Gasteiger partial charge in [-0.1, -0.05) is 0 Å². The Morgan fingerprint density at radius 1 is 1.19 bits per heavy atom. The number of alkyl halides is 3. The van der Waals surface area contributed by atoms with Crippen LogP contribution in [0, 0.1) is 0 Å². The molecule has 5 nitrogen and oxygen atoms in total. The van der Waals surface area contributed by atoms with Crippen molar-refractivity contribution in [1.29, 1.82) is 0 Å². The molecule has 1 unspecified atom stereocenters. The van der Waals surface area contributed by atoms with Crippen molar-refractivity contribution >= 4 is 29.1 Å². The van der Waals surface area contributed by atoms with Gasteiger partial charge in [-0.3, -0.25) is 0 Å². The second kappa shape index (κ2) is 7.92. The Hall–Kier alpha value is -2.03. The molecule has 2 rings (SSSR count). The van der Waals surface area contributed by atoms with E-state index in [1.54, 1.807) is 4.90 Å². The maximum Gasteiger partial charge on any atom is 0.416 e. The van der Waals surface area contributed by atoms with E-state index in [4.69, 9.17) is 17.0 Å². The van der Waals surface area contributed by atoms with Crippen LogP contribution in [0.4, 0.5) is 23.7 Å². The minimum Gasteiger partial charge on any atom is -0.444 e. The summed E-state index contributed by atoms with van der Waals surface area (Å²) in [5.41, 5.74) is -0.787. The number of benzene rings is 1. The maximum absolute atomic E-state index is 12.6. The molecule has 0 radical (unpaired) electrons. The minimum absolute atomic E-state index is 0.0549. The maximum atomic E-state index is 12.6. The average molecular weight is 403 g/mol. The zero-order chi connectivity index (χ0) is 20.4. The Morgan fingerprint density at radius 2 is 1.78 bits per heavy atom. The summed E-state index contributed by atoms with van der Waals surface area (Å²) < 4.78 is 43.3. The van der Waals surface area contributed by atoms with Gasteiger partial charge in [0, 0.05) is 31.4 Å². The molecule has 9 heteroatoms. The summed E-state index contributed by atoms with van der Waals surface area (Å²) in [6, 6.07) is 4.65. The van der Waals surface area contributed by atoms with Gasteiger partial charge in [-0.25, -0.2) is 4.79 Å². The van der Waals surface area contributed by atoms with Crippen LogP contribution < -0.4 is 5.32 Å². The fraction of sp³-hybridized carbons (Fsp3) is 0.556. The third-order valence-corrected chi connectivity index (χ3v) is 4.34. The van der Waals surface area contributed by atoms with E-state index >= 15 is 0 Å². The number of piperazine rings is 1. The van der Waals surface area contributed by atoms with Gasteiger partial charge in [-0.15, -0.1) is 0 Å². The molecule has 0 spiro atoms. The van der Waals surface area contributed by atoms with Crippen molar-refractivity contribution in [3.8, 4) is 0 Å². The number of amides is 1. The number of ether oxygens (including phenoxy) is 1. The first-order chi connectivity index (χ1) is 12.4. The number of carbonyl (C=O) groups is 1. The van der Waals surface area contributed by atoms with Crippen LogP contribution in [-0.2, 0) is 10.9 Å². The molecule has 1 aliphatic rings. The predicted octanol–water partition coefficient (Wildman–Crippen LogP) is 4.34. The molecule has 1 aliphatic heterocycles. The number of hydrogen-bond donors (Lipinski definition) is 1. The highest BCUT2D eigenvalue weighted by Gasteiger charge is 2.32. The lowest BCUT2D eigenvalue weighted by Crippen LogP contribution is -2.56. The summed E-state index contributed by atoms with van der Waals surface area (Å²) >= 11 is 5.39. The first-order valence-electron chi connectivity index (χ1n) is 8.59. The lowest BCUT2D eigenvalue weighted by Gasteiger charge is -2.41. The van der Waals surface area contributed by atoms with Crippen LogP contribution in [0.15, 0.2) is 24.3 Å². The van der Waals surface area contributed by atoms with Gasteiger partial charge >= 0.3 is 12.3 Å². The Labute approximate surface area is 162 Å². The Bertz CT molecular complexity index is 687. The van der Waals surface area contributed by atoms with Gasteiger partial charge in [-0.2, -0.15) is 13.2 Å². The molecule has 1 atom stereocenters. The Kier molecular flexibility index (Phi) is 6.24. The van der Waals surface area contributed by atoms with Gasteiger partial charge in [-0.05, 0) is 64.2 Å². The normalized spacial score (nSPS) is 18.3. The standard InChI is InChI=1S/C18H24F3N3O2S/c1-12-11-23(16(25)26-17(2,3)4)9-10-24(12)15(27)22-14-7-5-13(6-8-14)18(19,20)21/h5-8,12H,9-11H2,1-4H3,(H,22,27). The van der Waals surface area contributed by atoms with Crippen molar-refractivity contribution in [1.82, 2.24) is 9.80 Å². The molecule has 1 amide bonds. The van der Waals surface area contributed by atoms with E-state index in [9.17, 15) is 18.0 Å². The number of halogens is 3. The first-order valence-corrected chi connectivity index (χ1v) is 9.00. The van der Waals surface area contributed by atoms with Crippen LogP contribution in [-0.4, -0.2) is 52.3 Å². The van der Waals surface area contributed by atoms with Crippen LogP contribution >= 0.6 is 12.2 Å². The lowest BCUT2D eigenvalue weighted by molar-refractivity contribution is -0.137. The molecule has 27 heavy (non-hydrogen) atoms. The molecule has 1 aromatic rings. The zero-order valence-corrected chi connectivity index (χ0v) is 16.6. The van der Waals surface area contributed by atoms with Gasteiger partial charge in [0.25, 0.3) is 0 Å². The van der Waals surface area contributed by atoms with Crippen LogP contribution in [0.2, 0.25) is 0 Å². The van der Waals surface area contributed by atoms with Crippen LogP contribution in [0.1, 0.15) is 33.3 Å². The highest BCUT2D eigenvalue weighted by molar-refractivity contribution is 7.80. The van der Waals surface area contributed by atoms with Crippen molar-refractivity contribution in [3.63, 3.8) is 0 Å². The monoisotopic (exact) mass is 403 g/mol. The molecule has 0 saturated carbocycles. The fourth-order valence-electron chi connectivity index (χ4n) is 2.69. The van der Waals surface area contributed by atoms with Crippen LogP contribution in [0.3, 0.4) is 0 Å².